The minimum absolute atomic E-state index is 0.644. The first kappa shape index (κ1) is 17.4. The molecule has 0 unspecified atom stereocenters. The molecule has 2 aromatic carbocycles. The number of piperazine rings is 1. The molecule has 0 aliphatic carbocycles. The molecule has 0 radical (unpaired) electrons. The largest absolute Gasteiger partial charge is 0.440 e. The van der Waals surface area contributed by atoms with Gasteiger partial charge < -0.3 is 14.7 Å². The SMILES string of the molecule is c1cc(-n2ncc3c(-c4ncc(CN5CCNCC5)o4)cccc32)c2cc[nH]c2c1. The summed E-state index contributed by atoms with van der Waals surface area (Å²) in [5.41, 5.74) is 4.14. The molecule has 6 rings (SSSR count). The van der Waals surface area contributed by atoms with Crippen LogP contribution in [-0.2, 0) is 6.54 Å². The molecule has 0 amide bonds. The lowest BCUT2D eigenvalue weighted by atomic mass is 10.1. The zero-order valence-corrected chi connectivity index (χ0v) is 16.5. The fourth-order valence-electron chi connectivity index (χ4n) is 4.28. The number of aromatic amines is 1. The van der Waals surface area contributed by atoms with Crippen molar-refractivity contribution in [3.63, 3.8) is 0 Å². The normalized spacial score (nSPS) is 15.3. The third-order valence-corrected chi connectivity index (χ3v) is 5.79. The van der Waals surface area contributed by atoms with Crippen molar-refractivity contribution in [3.05, 3.63) is 66.8 Å². The smallest absolute Gasteiger partial charge is 0.227 e. The van der Waals surface area contributed by atoms with Crippen LogP contribution in [0.4, 0.5) is 0 Å². The highest BCUT2D eigenvalue weighted by molar-refractivity contribution is 5.95. The van der Waals surface area contributed by atoms with Crippen molar-refractivity contribution in [1.29, 1.82) is 0 Å². The van der Waals surface area contributed by atoms with Crippen LogP contribution in [0.2, 0.25) is 0 Å². The lowest BCUT2D eigenvalue weighted by molar-refractivity contribution is 0.217. The summed E-state index contributed by atoms with van der Waals surface area (Å²) in [6.45, 7) is 4.90. The highest BCUT2D eigenvalue weighted by Gasteiger charge is 2.17. The summed E-state index contributed by atoms with van der Waals surface area (Å²) in [4.78, 5) is 10.2. The maximum Gasteiger partial charge on any atom is 0.227 e. The summed E-state index contributed by atoms with van der Waals surface area (Å²) in [6, 6.07) is 14.5. The van der Waals surface area contributed by atoms with Gasteiger partial charge in [0.2, 0.25) is 5.89 Å². The molecule has 30 heavy (non-hydrogen) atoms. The molecule has 3 aromatic heterocycles. The van der Waals surface area contributed by atoms with Crippen LogP contribution < -0.4 is 5.32 Å². The molecular formula is C23H22N6O. The first-order valence-electron chi connectivity index (χ1n) is 10.3. The lowest BCUT2D eigenvalue weighted by Gasteiger charge is -2.25. The molecule has 2 N–H and O–H groups in total. The van der Waals surface area contributed by atoms with E-state index in [0.29, 0.717) is 5.89 Å². The van der Waals surface area contributed by atoms with E-state index in [-0.39, 0.29) is 0 Å². The Labute approximate surface area is 173 Å². The van der Waals surface area contributed by atoms with Gasteiger partial charge in [0.1, 0.15) is 5.76 Å². The van der Waals surface area contributed by atoms with Crippen LogP contribution in [0, 0.1) is 0 Å². The van der Waals surface area contributed by atoms with Gasteiger partial charge in [0.25, 0.3) is 0 Å². The van der Waals surface area contributed by atoms with Gasteiger partial charge in [-0.25, -0.2) is 9.67 Å². The zero-order chi connectivity index (χ0) is 19.9. The van der Waals surface area contributed by atoms with E-state index in [9.17, 15) is 0 Å². The average Bonchev–Trinajstić information content (AvgIpc) is 3.53. The van der Waals surface area contributed by atoms with Crippen LogP contribution in [0.5, 0.6) is 0 Å². The van der Waals surface area contributed by atoms with Crippen LogP contribution in [0.15, 0.2) is 65.5 Å². The number of rotatable bonds is 4. The Morgan fingerprint density at radius 2 is 1.87 bits per heavy atom. The maximum absolute atomic E-state index is 6.14. The Kier molecular flexibility index (Phi) is 4.14. The predicted octanol–water partition coefficient (Wildman–Crippen LogP) is 3.57. The highest BCUT2D eigenvalue weighted by atomic mass is 16.4. The number of benzene rings is 2. The number of nitrogens with one attached hydrogen (secondary N) is 2. The van der Waals surface area contributed by atoms with Gasteiger partial charge in [0.05, 0.1) is 30.1 Å². The van der Waals surface area contributed by atoms with Gasteiger partial charge >= 0.3 is 0 Å². The molecule has 1 aliphatic heterocycles. The first-order chi connectivity index (χ1) is 14.9. The van der Waals surface area contributed by atoms with E-state index in [4.69, 9.17) is 9.52 Å². The fraction of sp³-hybridized carbons (Fsp3) is 0.217. The van der Waals surface area contributed by atoms with Crippen molar-refractivity contribution in [2.45, 2.75) is 6.54 Å². The summed E-state index contributed by atoms with van der Waals surface area (Å²) in [6.07, 6.45) is 5.70. The van der Waals surface area contributed by atoms with Crippen LogP contribution >= 0.6 is 0 Å². The number of aromatic nitrogens is 4. The third-order valence-electron chi connectivity index (χ3n) is 5.79. The molecule has 1 saturated heterocycles. The van der Waals surface area contributed by atoms with E-state index in [1.807, 2.05) is 41.5 Å². The van der Waals surface area contributed by atoms with Crippen molar-refractivity contribution < 1.29 is 4.42 Å². The Morgan fingerprint density at radius 3 is 2.80 bits per heavy atom. The zero-order valence-electron chi connectivity index (χ0n) is 16.5. The van der Waals surface area contributed by atoms with Gasteiger partial charge in [0, 0.05) is 54.2 Å². The van der Waals surface area contributed by atoms with E-state index in [1.165, 1.54) is 0 Å². The van der Waals surface area contributed by atoms with E-state index >= 15 is 0 Å². The van der Waals surface area contributed by atoms with Gasteiger partial charge in [-0.2, -0.15) is 5.10 Å². The molecular weight excluding hydrogens is 376 g/mol. The molecule has 7 heteroatoms. The third kappa shape index (κ3) is 2.91. The molecule has 0 atom stereocenters. The van der Waals surface area contributed by atoms with Crippen LogP contribution in [0.1, 0.15) is 5.76 Å². The second kappa shape index (κ2) is 7.12. The molecule has 4 heterocycles. The highest BCUT2D eigenvalue weighted by Crippen LogP contribution is 2.31. The monoisotopic (exact) mass is 398 g/mol. The van der Waals surface area contributed by atoms with E-state index in [2.05, 4.69) is 44.5 Å². The van der Waals surface area contributed by atoms with Crippen molar-refractivity contribution in [2.24, 2.45) is 0 Å². The molecule has 5 aromatic rings. The van der Waals surface area contributed by atoms with E-state index < -0.39 is 0 Å². The van der Waals surface area contributed by atoms with Gasteiger partial charge in [0.15, 0.2) is 0 Å². The molecule has 0 saturated carbocycles. The Hall–Kier alpha value is -3.42. The minimum Gasteiger partial charge on any atom is -0.440 e. The van der Waals surface area contributed by atoms with Crippen molar-refractivity contribution in [3.8, 4) is 17.1 Å². The topological polar surface area (TPSA) is 74.9 Å². The van der Waals surface area contributed by atoms with Gasteiger partial charge in [-0.05, 0) is 30.3 Å². The first-order valence-corrected chi connectivity index (χ1v) is 10.3. The number of fused-ring (bicyclic) bond motifs is 2. The summed E-state index contributed by atoms with van der Waals surface area (Å²) in [7, 11) is 0. The molecule has 0 bridgehead atoms. The molecule has 7 nitrogen and oxygen atoms in total. The van der Waals surface area contributed by atoms with E-state index in [0.717, 1.165) is 71.5 Å². The van der Waals surface area contributed by atoms with Crippen molar-refractivity contribution >= 4 is 21.8 Å². The van der Waals surface area contributed by atoms with E-state index in [1.54, 1.807) is 0 Å². The van der Waals surface area contributed by atoms with Crippen LogP contribution in [0.3, 0.4) is 0 Å². The molecule has 1 fully saturated rings. The quantitative estimate of drug-likeness (QED) is 0.484. The number of hydrogen-bond acceptors (Lipinski definition) is 5. The van der Waals surface area contributed by atoms with Gasteiger partial charge in [-0.15, -0.1) is 0 Å². The van der Waals surface area contributed by atoms with Crippen molar-refractivity contribution in [1.82, 2.24) is 30.0 Å². The summed E-state index contributed by atoms with van der Waals surface area (Å²) in [5.74, 6) is 1.54. The second-order valence-corrected chi connectivity index (χ2v) is 7.67. The number of oxazole rings is 1. The second-order valence-electron chi connectivity index (χ2n) is 7.67. The maximum atomic E-state index is 6.14. The lowest BCUT2D eigenvalue weighted by Crippen LogP contribution is -2.42. The Balaban J connectivity index is 1.38. The fourth-order valence-corrected chi connectivity index (χ4v) is 4.28. The summed E-state index contributed by atoms with van der Waals surface area (Å²) in [5, 5.41) is 10.2. The summed E-state index contributed by atoms with van der Waals surface area (Å²) >= 11 is 0. The standard InChI is InChI=1S/C23H22N6O/c1-3-17(23-26-13-16(30-23)15-28-11-9-24-10-12-28)19-14-27-29(22(19)5-1)21-6-2-4-20-18(21)7-8-25-20/h1-8,13-14,24-25H,9-12,15H2. The van der Waals surface area contributed by atoms with Crippen LogP contribution in [-0.4, -0.2) is 50.8 Å². The number of nitrogens with zero attached hydrogens (tertiary/aromatic N) is 4. The van der Waals surface area contributed by atoms with Gasteiger partial charge in [-0.3, -0.25) is 4.90 Å². The molecule has 150 valence electrons. The minimum atomic E-state index is 0.644. The predicted molar refractivity (Wildman–Crippen MR) is 117 cm³/mol. The molecule has 1 aliphatic rings. The number of hydrogen-bond donors (Lipinski definition) is 2. The Bertz CT molecular complexity index is 1320. The Morgan fingerprint density at radius 1 is 0.967 bits per heavy atom. The number of H-pyrrole nitrogens is 1. The molecule has 0 spiro atoms. The van der Waals surface area contributed by atoms with Crippen molar-refractivity contribution in [2.75, 3.05) is 26.2 Å². The van der Waals surface area contributed by atoms with Crippen LogP contribution in [0.25, 0.3) is 38.9 Å². The summed E-state index contributed by atoms with van der Waals surface area (Å²) < 4.78 is 8.12. The van der Waals surface area contributed by atoms with Gasteiger partial charge in [-0.1, -0.05) is 12.1 Å². The average molecular weight is 398 g/mol.